The van der Waals surface area contributed by atoms with Crippen molar-refractivity contribution in [1.29, 1.82) is 0 Å². The summed E-state index contributed by atoms with van der Waals surface area (Å²) in [7, 11) is 1.38. The van der Waals surface area contributed by atoms with Crippen LogP contribution < -0.4 is 25.9 Å². The summed E-state index contributed by atoms with van der Waals surface area (Å²) in [4.78, 5) is 59.7. The highest BCUT2D eigenvalue weighted by Gasteiger charge is 2.34. The number of esters is 1. The lowest BCUT2D eigenvalue weighted by Gasteiger charge is -2.10. The second-order valence-electron chi connectivity index (χ2n) is 7.54. The Bertz CT molecular complexity index is 1430. The molecule has 1 saturated heterocycles. The molecule has 4 rings (SSSR count). The first-order valence-corrected chi connectivity index (χ1v) is 11.6. The lowest BCUT2D eigenvalue weighted by molar-refractivity contribution is -0.136. The van der Waals surface area contributed by atoms with Crippen molar-refractivity contribution in [1.82, 2.24) is 25.1 Å². The van der Waals surface area contributed by atoms with Crippen LogP contribution in [0.4, 0.5) is 4.79 Å². The number of benzene rings is 2. The summed E-state index contributed by atoms with van der Waals surface area (Å²) in [5.74, 6) is -1.50. The molecule has 1 aromatic heterocycles. The summed E-state index contributed by atoms with van der Waals surface area (Å²) in [6, 6.07) is 13.4. The third kappa shape index (κ3) is 6.29. The molecule has 190 valence electrons. The van der Waals surface area contributed by atoms with E-state index in [1.165, 1.54) is 36.4 Å². The van der Waals surface area contributed by atoms with E-state index in [4.69, 9.17) is 9.47 Å². The SMILES string of the molecule is COc1cc(/C=N\NC(=O)Cn2ncn(-c3ccccc3)c2=O)ccc1OC(=O)C[C@H]1SC(=O)NC1=O. The highest BCUT2D eigenvalue weighted by Crippen LogP contribution is 2.29. The molecule has 2 N–H and O–H groups in total. The lowest BCUT2D eigenvalue weighted by Crippen LogP contribution is -2.31. The van der Waals surface area contributed by atoms with Crippen molar-refractivity contribution in [3.05, 3.63) is 70.9 Å². The number of hydrogen-bond acceptors (Lipinski definition) is 10. The highest BCUT2D eigenvalue weighted by atomic mass is 32.2. The number of para-hydroxylation sites is 1. The molecule has 3 amide bonds. The largest absolute Gasteiger partial charge is 0.493 e. The standard InChI is InChI=1S/C23H20N6O7S/c1-35-17-9-14(7-8-16(17)36-20(31)10-18-21(32)26-22(33)37-18)11-24-27-19(30)12-29-23(34)28(13-25-29)15-5-3-2-4-6-15/h2-9,11,13,18H,10,12H2,1H3,(H,27,30)(H,26,32,33)/b24-11-/t18-/m1/s1. The Morgan fingerprint density at radius 2 is 1.95 bits per heavy atom. The molecule has 37 heavy (non-hydrogen) atoms. The Hall–Kier alpha value is -4.72. The summed E-state index contributed by atoms with van der Waals surface area (Å²) >= 11 is 0.730. The van der Waals surface area contributed by atoms with Gasteiger partial charge < -0.3 is 9.47 Å². The summed E-state index contributed by atoms with van der Waals surface area (Å²) in [5, 5.41) is 8.57. The molecule has 0 spiro atoms. The van der Waals surface area contributed by atoms with Crippen LogP contribution in [0, 0.1) is 0 Å². The smallest absolute Gasteiger partial charge is 0.350 e. The molecular weight excluding hydrogens is 504 g/mol. The van der Waals surface area contributed by atoms with Gasteiger partial charge in [-0.2, -0.15) is 10.2 Å². The predicted octanol–water partition coefficient (Wildman–Crippen LogP) is 0.840. The van der Waals surface area contributed by atoms with E-state index in [9.17, 15) is 24.0 Å². The maximum Gasteiger partial charge on any atom is 0.350 e. The molecule has 2 heterocycles. The average Bonchev–Trinajstić information content (AvgIpc) is 3.40. The Morgan fingerprint density at radius 3 is 2.65 bits per heavy atom. The monoisotopic (exact) mass is 524 g/mol. The molecule has 0 radical (unpaired) electrons. The number of ether oxygens (including phenoxy) is 2. The molecule has 14 heteroatoms. The summed E-state index contributed by atoms with van der Waals surface area (Å²) in [6.07, 6.45) is 2.38. The van der Waals surface area contributed by atoms with E-state index in [2.05, 4.69) is 20.9 Å². The average molecular weight is 525 g/mol. The fourth-order valence-corrected chi connectivity index (χ4v) is 4.06. The second kappa shape index (κ2) is 11.3. The number of hydrazone groups is 1. The van der Waals surface area contributed by atoms with Crippen LogP contribution in [0.2, 0.25) is 0 Å². The van der Waals surface area contributed by atoms with E-state index in [0.29, 0.717) is 11.3 Å². The van der Waals surface area contributed by atoms with Gasteiger partial charge in [-0.15, -0.1) is 0 Å². The van der Waals surface area contributed by atoms with Gasteiger partial charge in [0.1, 0.15) is 18.1 Å². The molecule has 1 aliphatic heterocycles. The van der Waals surface area contributed by atoms with Crippen LogP contribution in [0.1, 0.15) is 12.0 Å². The number of carbonyl (C=O) groups excluding carboxylic acids is 4. The van der Waals surface area contributed by atoms with Crippen LogP contribution in [0.15, 0.2) is 64.8 Å². The first-order valence-electron chi connectivity index (χ1n) is 10.8. The maximum atomic E-state index is 12.5. The van der Waals surface area contributed by atoms with Gasteiger partial charge in [0.2, 0.25) is 5.91 Å². The normalized spacial score (nSPS) is 15.0. The van der Waals surface area contributed by atoms with E-state index >= 15 is 0 Å². The van der Waals surface area contributed by atoms with Crippen LogP contribution in [-0.2, 0) is 20.9 Å². The first kappa shape index (κ1) is 25.4. The van der Waals surface area contributed by atoms with E-state index in [1.54, 1.807) is 30.3 Å². The Labute approximate surface area is 213 Å². The number of methoxy groups -OCH3 is 1. The molecule has 0 unspecified atom stereocenters. The molecule has 1 atom stereocenters. The number of thioether (sulfide) groups is 1. The summed E-state index contributed by atoms with van der Waals surface area (Å²) in [6.45, 7) is -0.336. The predicted molar refractivity (Wildman–Crippen MR) is 132 cm³/mol. The quantitative estimate of drug-likeness (QED) is 0.179. The molecule has 0 saturated carbocycles. The van der Waals surface area contributed by atoms with Gasteiger partial charge in [0.05, 0.1) is 25.4 Å². The van der Waals surface area contributed by atoms with Crippen LogP contribution in [0.3, 0.4) is 0 Å². The van der Waals surface area contributed by atoms with Crippen LogP contribution in [-0.4, -0.2) is 55.9 Å². The maximum absolute atomic E-state index is 12.5. The number of hydrogen-bond donors (Lipinski definition) is 2. The highest BCUT2D eigenvalue weighted by molar-refractivity contribution is 8.15. The van der Waals surface area contributed by atoms with Gasteiger partial charge in [0, 0.05) is 0 Å². The topological polar surface area (TPSA) is 163 Å². The fraction of sp³-hybridized carbons (Fsp3) is 0.174. The first-order chi connectivity index (χ1) is 17.8. The lowest BCUT2D eigenvalue weighted by atomic mass is 10.2. The summed E-state index contributed by atoms with van der Waals surface area (Å²) < 4.78 is 12.8. The van der Waals surface area contributed by atoms with Crippen molar-refractivity contribution in [3.63, 3.8) is 0 Å². The fourth-order valence-electron chi connectivity index (χ4n) is 3.25. The number of nitrogens with one attached hydrogen (secondary N) is 2. The van der Waals surface area contributed by atoms with Crippen molar-refractivity contribution in [2.24, 2.45) is 5.10 Å². The molecule has 0 aliphatic carbocycles. The van der Waals surface area contributed by atoms with Gasteiger partial charge in [-0.05, 0) is 35.9 Å². The number of carbonyl (C=O) groups is 4. The minimum absolute atomic E-state index is 0.108. The number of nitrogens with zero attached hydrogens (tertiary/aromatic N) is 4. The molecule has 0 bridgehead atoms. The van der Waals surface area contributed by atoms with Crippen LogP contribution in [0.5, 0.6) is 11.5 Å². The van der Waals surface area contributed by atoms with E-state index in [1.807, 2.05) is 6.07 Å². The number of rotatable bonds is 9. The molecule has 1 fully saturated rings. The van der Waals surface area contributed by atoms with Crippen molar-refractivity contribution < 1.29 is 28.7 Å². The zero-order chi connectivity index (χ0) is 26.4. The van der Waals surface area contributed by atoms with Crippen LogP contribution in [0.25, 0.3) is 5.69 Å². The van der Waals surface area contributed by atoms with Gasteiger partial charge in [0.15, 0.2) is 11.5 Å². The minimum atomic E-state index is -0.844. The zero-order valence-corrected chi connectivity index (χ0v) is 20.1. The van der Waals surface area contributed by atoms with E-state index in [-0.39, 0.29) is 24.5 Å². The second-order valence-corrected chi connectivity index (χ2v) is 8.72. The Morgan fingerprint density at radius 1 is 1.16 bits per heavy atom. The number of aromatic nitrogens is 3. The molecule has 3 aromatic rings. The molecule has 13 nitrogen and oxygen atoms in total. The van der Waals surface area contributed by atoms with Gasteiger partial charge >= 0.3 is 11.7 Å². The van der Waals surface area contributed by atoms with E-state index in [0.717, 1.165) is 16.4 Å². The van der Waals surface area contributed by atoms with Gasteiger partial charge in [-0.3, -0.25) is 24.5 Å². The van der Waals surface area contributed by atoms with Gasteiger partial charge in [-0.1, -0.05) is 30.0 Å². The van der Waals surface area contributed by atoms with Gasteiger partial charge in [0.25, 0.3) is 11.1 Å². The van der Waals surface area contributed by atoms with Gasteiger partial charge in [-0.25, -0.2) is 19.5 Å². The Balaban J connectivity index is 1.33. The Kier molecular flexibility index (Phi) is 7.78. The third-order valence-corrected chi connectivity index (χ3v) is 5.98. The van der Waals surface area contributed by atoms with Crippen molar-refractivity contribution in [3.8, 4) is 17.2 Å². The zero-order valence-electron chi connectivity index (χ0n) is 19.3. The molecule has 1 aliphatic rings. The molecule has 2 aromatic carbocycles. The molecular formula is C23H20N6O7S. The summed E-state index contributed by atoms with van der Waals surface area (Å²) in [5.41, 5.74) is 2.98. The van der Waals surface area contributed by atoms with Crippen molar-refractivity contribution in [2.75, 3.05) is 7.11 Å². The number of imide groups is 1. The number of amides is 3. The third-order valence-electron chi connectivity index (χ3n) is 4.99. The van der Waals surface area contributed by atoms with Crippen molar-refractivity contribution in [2.45, 2.75) is 18.2 Å². The van der Waals surface area contributed by atoms with Crippen molar-refractivity contribution >= 4 is 41.0 Å². The van der Waals surface area contributed by atoms with E-state index < -0.39 is 34.0 Å². The minimum Gasteiger partial charge on any atom is -0.493 e. The van der Waals surface area contributed by atoms with Crippen LogP contribution >= 0.6 is 11.8 Å².